The zero-order valence-corrected chi connectivity index (χ0v) is 9.23. The minimum absolute atomic E-state index is 0.858. The van der Waals surface area contributed by atoms with Crippen LogP contribution in [-0.2, 0) is 0 Å². The molecule has 3 nitrogen and oxygen atoms in total. The second kappa shape index (κ2) is 2.82. The Morgan fingerprint density at radius 3 is 2.53 bits per heavy atom. The smallest absolute Gasteiger partial charge is 0.162 e. The molecule has 0 radical (unpaired) electrons. The van der Waals surface area contributed by atoms with Crippen LogP contribution in [0.1, 0.15) is 6.42 Å². The van der Waals surface area contributed by atoms with Crippen LogP contribution < -0.4 is 4.90 Å². The SMILES string of the molecule is C1=CC2CC1[C@H]1CN(c3cnsn3)C[C@@H]21. The Kier molecular flexibility index (Phi) is 1.55. The highest BCUT2D eigenvalue weighted by atomic mass is 32.1. The fourth-order valence-electron chi connectivity index (χ4n) is 3.64. The van der Waals surface area contributed by atoms with Crippen molar-refractivity contribution in [3.05, 3.63) is 18.3 Å². The molecular formula is C11H13N3S. The van der Waals surface area contributed by atoms with Crippen molar-refractivity contribution in [1.82, 2.24) is 8.75 Å². The van der Waals surface area contributed by atoms with Crippen molar-refractivity contribution in [2.75, 3.05) is 18.0 Å². The minimum Gasteiger partial charge on any atom is -0.354 e. The van der Waals surface area contributed by atoms with Crippen LogP contribution in [0, 0.1) is 23.7 Å². The van der Waals surface area contributed by atoms with Gasteiger partial charge in [-0.2, -0.15) is 8.75 Å². The first-order valence-electron chi connectivity index (χ1n) is 5.62. The maximum Gasteiger partial charge on any atom is 0.162 e. The number of hydrogen-bond donors (Lipinski definition) is 0. The van der Waals surface area contributed by atoms with Crippen LogP contribution >= 0.6 is 11.7 Å². The predicted molar refractivity (Wildman–Crippen MR) is 59.8 cm³/mol. The van der Waals surface area contributed by atoms with Gasteiger partial charge in [0.05, 0.1) is 17.9 Å². The molecule has 0 N–H and O–H groups in total. The van der Waals surface area contributed by atoms with Gasteiger partial charge in [-0.3, -0.25) is 0 Å². The Hall–Kier alpha value is -0.900. The Bertz CT molecular complexity index is 380. The Labute approximate surface area is 93.1 Å². The molecule has 1 saturated carbocycles. The first-order chi connectivity index (χ1) is 7.42. The summed E-state index contributed by atoms with van der Waals surface area (Å²) < 4.78 is 8.42. The molecule has 2 fully saturated rings. The lowest BCUT2D eigenvalue weighted by atomic mass is 9.86. The standard InChI is InChI=1S/C11H13N3S/c1-2-8-3-7(1)9-5-14(6-10(8)9)11-4-12-15-13-11/h1-2,4,7-10H,3,5-6H2/t7?,8?,9-,10+. The third kappa shape index (κ3) is 1.06. The molecule has 3 aliphatic rings. The summed E-state index contributed by atoms with van der Waals surface area (Å²) in [4.78, 5) is 2.42. The highest BCUT2D eigenvalue weighted by Gasteiger charge is 2.49. The van der Waals surface area contributed by atoms with Crippen LogP contribution in [0.3, 0.4) is 0 Å². The van der Waals surface area contributed by atoms with Crippen molar-refractivity contribution in [1.29, 1.82) is 0 Å². The second-order valence-corrected chi connectivity index (χ2v) is 5.50. The van der Waals surface area contributed by atoms with E-state index in [9.17, 15) is 0 Å². The highest BCUT2D eigenvalue weighted by Crippen LogP contribution is 2.51. The lowest BCUT2D eigenvalue weighted by Gasteiger charge is -2.17. The zero-order chi connectivity index (χ0) is 9.83. The molecular weight excluding hydrogens is 206 g/mol. The summed E-state index contributed by atoms with van der Waals surface area (Å²) in [5.41, 5.74) is 0. The molecule has 1 saturated heterocycles. The molecule has 1 aromatic rings. The normalized spacial score (nSPS) is 41.5. The van der Waals surface area contributed by atoms with Gasteiger partial charge in [0.2, 0.25) is 0 Å². The quantitative estimate of drug-likeness (QED) is 0.674. The van der Waals surface area contributed by atoms with Crippen LogP contribution in [0.5, 0.6) is 0 Å². The molecule has 15 heavy (non-hydrogen) atoms. The van der Waals surface area contributed by atoms with Gasteiger partial charge in [-0.15, -0.1) is 0 Å². The van der Waals surface area contributed by atoms with Crippen molar-refractivity contribution in [3.63, 3.8) is 0 Å². The molecule has 78 valence electrons. The zero-order valence-electron chi connectivity index (χ0n) is 8.41. The van der Waals surface area contributed by atoms with E-state index in [0.717, 1.165) is 29.5 Å². The number of allylic oxidation sites excluding steroid dienone is 2. The maximum atomic E-state index is 4.33. The molecule has 1 aliphatic heterocycles. The van der Waals surface area contributed by atoms with Gasteiger partial charge in [0.1, 0.15) is 0 Å². The van der Waals surface area contributed by atoms with Gasteiger partial charge in [-0.25, -0.2) is 0 Å². The van der Waals surface area contributed by atoms with E-state index in [1.807, 2.05) is 6.20 Å². The summed E-state index contributed by atoms with van der Waals surface area (Å²) in [7, 11) is 0. The average Bonchev–Trinajstić information content (AvgIpc) is 3.02. The molecule has 2 bridgehead atoms. The summed E-state index contributed by atoms with van der Waals surface area (Å²) in [6.07, 6.45) is 8.20. The van der Waals surface area contributed by atoms with Crippen molar-refractivity contribution in [2.45, 2.75) is 6.42 Å². The van der Waals surface area contributed by atoms with Gasteiger partial charge in [-0.1, -0.05) is 12.2 Å². The van der Waals surface area contributed by atoms with Crippen molar-refractivity contribution >= 4 is 17.5 Å². The van der Waals surface area contributed by atoms with E-state index in [-0.39, 0.29) is 0 Å². The molecule has 2 unspecified atom stereocenters. The van der Waals surface area contributed by atoms with Crippen molar-refractivity contribution in [2.24, 2.45) is 23.7 Å². The molecule has 0 spiro atoms. The molecule has 0 amide bonds. The number of hydrogen-bond acceptors (Lipinski definition) is 4. The summed E-state index contributed by atoms with van der Waals surface area (Å²) in [6, 6.07) is 0. The lowest BCUT2D eigenvalue weighted by molar-refractivity contribution is 0.395. The maximum absolute atomic E-state index is 4.33. The number of fused-ring (bicyclic) bond motifs is 5. The van der Waals surface area contributed by atoms with Crippen molar-refractivity contribution in [3.8, 4) is 0 Å². The minimum atomic E-state index is 0.858. The van der Waals surface area contributed by atoms with Crippen LogP contribution in [-0.4, -0.2) is 21.8 Å². The summed E-state index contributed by atoms with van der Waals surface area (Å²) in [5, 5.41) is 0. The topological polar surface area (TPSA) is 29.0 Å². The largest absolute Gasteiger partial charge is 0.354 e. The van der Waals surface area contributed by atoms with E-state index in [1.54, 1.807) is 0 Å². The fourth-order valence-corrected chi connectivity index (χ4v) is 4.07. The van der Waals surface area contributed by atoms with Gasteiger partial charge < -0.3 is 4.90 Å². The third-order valence-corrected chi connectivity index (χ3v) is 4.80. The van der Waals surface area contributed by atoms with E-state index in [2.05, 4.69) is 25.8 Å². The fraction of sp³-hybridized carbons (Fsp3) is 0.636. The molecule has 0 aromatic carbocycles. The van der Waals surface area contributed by atoms with Crippen molar-refractivity contribution < 1.29 is 0 Å². The van der Waals surface area contributed by atoms with Gasteiger partial charge in [-0.05, 0) is 30.1 Å². The molecule has 4 rings (SSSR count). The van der Waals surface area contributed by atoms with E-state index in [0.29, 0.717) is 0 Å². The predicted octanol–water partition coefficient (Wildman–Crippen LogP) is 1.80. The third-order valence-electron chi connectivity index (χ3n) is 4.34. The van der Waals surface area contributed by atoms with Crippen LogP contribution in [0.25, 0.3) is 0 Å². The Morgan fingerprint density at radius 1 is 1.20 bits per heavy atom. The summed E-state index contributed by atoms with van der Waals surface area (Å²) in [5.74, 6) is 4.59. The van der Waals surface area contributed by atoms with E-state index in [1.165, 1.54) is 31.2 Å². The van der Waals surface area contributed by atoms with Gasteiger partial charge in [0.15, 0.2) is 5.82 Å². The first kappa shape index (κ1) is 8.28. The van der Waals surface area contributed by atoms with Crippen LogP contribution in [0.15, 0.2) is 18.3 Å². The van der Waals surface area contributed by atoms with E-state index in [4.69, 9.17) is 0 Å². The molecule has 4 heteroatoms. The monoisotopic (exact) mass is 219 g/mol. The van der Waals surface area contributed by atoms with E-state index < -0.39 is 0 Å². The molecule has 4 atom stereocenters. The average molecular weight is 219 g/mol. The first-order valence-corrected chi connectivity index (χ1v) is 6.35. The van der Waals surface area contributed by atoms with Gasteiger partial charge in [0.25, 0.3) is 0 Å². The number of aromatic nitrogens is 2. The second-order valence-electron chi connectivity index (χ2n) is 4.95. The Morgan fingerprint density at radius 2 is 1.93 bits per heavy atom. The summed E-state index contributed by atoms with van der Waals surface area (Å²) in [6.45, 7) is 2.39. The number of rotatable bonds is 1. The van der Waals surface area contributed by atoms with Crippen LogP contribution in [0.4, 0.5) is 5.82 Å². The number of nitrogens with zero attached hydrogens (tertiary/aromatic N) is 3. The van der Waals surface area contributed by atoms with Gasteiger partial charge in [0, 0.05) is 13.1 Å². The van der Waals surface area contributed by atoms with Crippen LogP contribution in [0.2, 0.25) is 0 Å². The lowest BCUT2D eigenvalue weighted by Crippen LogP contribution is -2.22. The molecule has 2 aliphatic carbocycles. The molecule has 1 aromatic heterocycles. The van der Waals surface area contributed by atoms with E-state index >= 15 is 0 Å². The molecule has 2 heterocycles. The number of anilines is 1. The Balaban J connectivity index is 1.61. The summed E-state index contributed by atoms with van der Waals surface area (Å²) >= 11 is 1.31. The van der Waals surface area contributed by atoms with Gasteiger partial charge >= 0.3 is 0 Å². The highest BCUT2D eigenvalue weighted by molar-refractivity contribution is 6.99.